The summed E-state index contributed by atoms with van der Waals surface area (Å²) in [6.07, 6.45) is 4.97. The minimum absolute atomic E-state index is 0.0300. The maximum Gasteiger partial charge on any atom is 0.274 e. The maximum absolute atomic E-state index is 13.3. The van der Waals surface area contributed by atoms with Crippen LogP contribution in [0.25, 0.3) is 16.6 Å². The van der Waals surface area contributed by atoms with Crippen LogP contribution in [-0.4, -0.2) is 53.3 Å². The van der Waals surface area contributed by atoms with Gasteiger partial charge < -0.3 is 10.2 Å². The monoisotopic (exact) mass is 599 g/mol. The van der Waals surface area contributed by atoms with Crippen molar-refractivity contribution in [3.05, 3.63) is 88.5 Å². The molecule has 0 saturated carbocycles. The second-order valence-corrected chi connectivity index (χ2v) is 10.6. The van der Waals surface area contributed by atoms with Crippen LogP contribution in [0, 0.1) is 6.92 Å². The molecular formula is C28H26BrN9O2. The molecule has 6 rings (SSSR count). The fourth-order valence-electron chi connectivity index (χ4n) is 5.00. The molecule has 1 fully saturated rings. The summed E-state index contributed by atoms with van der Waals surface area (Å²) in [5, 5.41) is 20.8. The standard InChI is InChI=1S/C28H26BrN9O2/c1-17(23-16-37(34-32-23)25-9-5-15-36(28(25)40)20-12-10-19(29)11-13-20)31-27(39)26-18(2)38(35-33-26)24-8-3-7-22-21(24)6-4-14-30-22/h3-4,6-8,10-14,16-17,25H,5,9,15H2,1-2H3,(H,31,39). The van der Waals surface area contributed by atoms with Gasteiger partial charge in [0.05, 0.1) is 29.1 Å². The fourth-order valence-corrected chi connectivity index (χ4v) is 5.26. The van der Waals surface area contributed by atoms with Gasteiger partial charge in [-0.15, -0.1) is 10.2 Å². The smallest absolute Gasteiger partial charge is 0.274 e. The third-order valence-corrected chi connectivity index (χ3v) is 7.68. The number of carbonyl (C=O) groups excluding carboxylic acids is 2. The van der Waals surface area contributed by atoms with E-state index in [2.05, 4.69) is 46.9 Å². The molecule has 1 aliphatic rings. The van der Waals surface area contributed by atoms with Crippen LogP contribution in [0.1, 0.15) is 53.7 Å². The number of amides is 2. The molecule has 12 heteroatoms. The number of halogens is 1. The van der Waals surface area contributed by atoms with Gasteiger partial charge >= 0.3 is 0 Å². The minimum atomic E-state index is -0.464. The van der Waals surface area contributed by atoms with E-state index in [0.29, 0.717) is 24.4 Å². The lowest BCUT2D eigenvalue weighted by Gasteiger charge is -2.32. The number of hydrogen-bond acceptors (Lipinski definition) is 7. The molecule has 0 bridgehead atoms. The van der Waals surface area contributed by atoms with E-state index in [4.69, 9.17) is 0 Å². The average molecular weight is 600 g/mol. The van der Waals surface area contributed by atoms with Gasteiger partial charge in [0, 0.05) is 28.3 Å². The maximum atomic E-state index is 13.3. The number of nitrogens with zero attached hydrogens (tertiary/aromatic N) is 8. The van der Waals surface area contributed by atoms with E-state index >= 15 is 0 Å². The molecule has 1 N–H and O–H groups in total. The number of fused-ring (bicyclic) bond motifs is 1. The fraction of sp³-hybridized carbons (Fsp3) is 0.250. The first-order valence-corrected chi connectivity index (χ1v) is 13.8. The van der Waals surface area contributed by atoms with E-state index in [0.717, 1.165) is 33.2 Å². The lowest BCUT2D eigenvalue weighted by Crippen LogP contribution is -2.42. The first-order chi connectivity index (χ1) is 19.4. The van der Waals surface area contributed by atoms with Crippen LogP contribution >= 0.6 is 15.9 Å². The van der Waals surface area contributed by atoms with Crippen LogP contribution < -0.4 is 10.2 Å². The number of rotatable bonds is 6. The number of nitrogens with one attached hydrogen (secondary N) is 1. The van der Waals surface area contributed by atoms with Crippen molar-refractivity contribution in [1.29, 1.82) is 0 Å². The van der Waals surface area contributed by atoms with Crippen molar-refractivity contribution in [2.45, 2.75) is 38.8 Å². The van der Waals surface area contributed by atoms with E-state index in [1.54, 1.807) is 33.6 Å². The second kappa shape index (κ2) is 10.6. The van der Waals surface area contributed by atoms with Crippen molar-refractivity contribution in [2.24, 2.45) is 0 Å². The average Bonchev–Trinajstić information content (AvgIpc) is 3.61. The van der Waals surface area contributed by atoms with Gasteiger partial charge in [-0.25, -0.2) is 9.36 Å². The zero-order valence-electron chi connectivity index (χ0n) is 21.9. The van der Waals surface area contributed by atoms with Crippen LogP contribution in [0.5, 0.6) is 0 Å². The Morgan fingerprint density at radius 3 is 2.73 bits per heavy atom. The van der Waals surface area contributed by atoms with Crippen LogP contribution in [0.4, 0.5) is 5.69 Å². The number of aromatic nitrogens is 7. The summed E-state index contributed by atoms with van der Waals surface area (Å²) in [6.45, 7) is 4.27. The molecule has 0 aliphatic carbocycles. The first-order valence-electron chi connectivity index (χ1n) is 13.0. The molecular weight excluding hydrogens is 574 g/mol. The lowest BCUT2D eigenvalue weighted by molar-refractivity contribution is -0.123. The molecule has 2 atom stereocenters. The van der Waals surface area contributed by atoms with Gasteiger partial charge in [0.1, 0.15) is 11.7 Å². The first kappa shape index (κ1) is 25.8. The number of hydrogen-bond donors (Lipinski definition) is 1. The third kappa shape index (κ3) is 4.75. The molecule has 40 heavy (non-hydrogen) atoms. The van der Waals surface area contributed by atoms with Gasteiger partial charge in [0.15, 0.2) is 5.69 Å². The van der Waals surface area contributed by atoms with Crippen LogP contribution in [0.2, 0.25) is 0 Å². The summed E-state index contributed by atoms with van der Waals surface area (Å²) < 4.78 is 4.20. The van der Waals surface area contributed by atoms with Crippen LogP contribution in [0.3, 0.4) is 0 Å². The zero-order valence-corrected chi connectivity index (χ0v) is 23.5. The van der Waals surface area contributed by atoms with Gasteiger partial charge in [-0.3, -0.25) is 14.6 Å². The molecule has 2 unspecified atom stereocenters. The van der Waals surface area contributed by atoms with Crippen molar-refractivity contribution >= 4 is 44.3 Å². The van der Waals surface area contributed by atoms with Gasteiger partial charge in [0.25, 0.3) is 11.8 Å². The van der Waals surface area contributed by atoms with Crippen molar-refractivity contribution in [3.63, 3.8) is 0 Å². The number of anilines is 1. The van der Waals surface area contributed by atoms with Crippen molar-refractivity contribution in [3.8, 4) is 5.69 Å². The Hall–Kier alpha value is -4.45. The Bertz CT molecular complexity index is 1710. The molecule has 1 aliphatic heterocycles. The van der Waals surface area contributed by atoms with Crippen molar-refractivity contribution < 1.29 is 9.59 Å². The summed E-state index contributed by atoms with van der Waals surface area (Å²) in [7, 11) is 0. The number of benzene rings is 2. The molecule has 2 amide bonds. The molecule has 4 heterocycles. The van der Waals surface area contributed by atoms with Gasteiger partial charge in [-0.05, 0) is 75.2 Å². The van der Waals surface area contributed by atoms with E-state index in [-0.39, 0.29) is 17.5 Å². The molecule has 5 aromatic rings. The van der Waals surface area contributed by atoms with E-state index in [9.17, 15) is 9.59 Å². The predicted molar refractivity (Wildman–Crippen MR) is 152 cm³/mol. The Morgan fingerprint density at radius 1 is 1.07 bits per heavy atom. The molecule has 11 nitrogen and oxygen atoms in total. The van der Waals surface area contributed by atoms with Crippen molar-refractivity contribution in [2.75, 3.05) is 11.4 Å². The highest BCUT2D eigenvalue weighted by Gasteiger charge is 2.32. The second-order valence-electron chi connectivity index (χ2n) is 9.73. The summed E-state index contributed by atoms with van der Waals surface area (Å²) in [5.41, 5.74) is 3.83. The van der Waals surface area contributed by atoms with E-state index < -0.39 is 12.1 Å². The Morgan fingerprint density at radius 2 is 1.90 bits per heavy atom. The number of pyridine rings is 1. The van der Waals surface area contributed by atoms with E-state index in [1.165, 1.54) is 0 Å². The normalized spacial score (nSPS) is 16.3. The highest BCUT2D eigenvalue weighted by Crippen LogP contribution is 2.29. The zero-order chi connectivity index (χ0) is 27.8. The summed E-state index contributed by atoms with van der Waals surface area (Å²) in [4.78, 5) is 32.7. The molecule has 0 spiro atoms. The predicted octanol–water partition coefficient (Wildman–Crippen LogP) is 4.34. The van der Waals surface area contributed by atoms with Gasteiger partial charge in [-0.1, -0.05) is 32.4 Å². The highest BCUT2D eigenvalue weighted by atomic mass is 79.9. The van der Waals surface area contributed by atoms with Crippen LogP contribution in [-0.2, 0) is 4.79 Å². The third-order valence-electron chi connectivity index (χ3n) is 7.15. The Kier molecular flexibility index (Phi) is 6.84. The largest absolute Gasteiger partial charge is 0.342 e. The summed E-state index contributed by atoms with van der Waals surface area (Å²) in [6, 6.07) is 16.3. The molecule has 1 saturated heterocycles. The Labute approximate surface area is 238 Å². The van der Waals surface area contributed by atoms with E-state index in [1.807, 2.05) is 61.5 Å². The Balaban J connectivity index is 1.17. The van der Waals surface area contributed by atoms with Gasteiger partial charge in [0.2, 0.25) is 0 Å². The van der Waals surface area contributed by atoms with Gasteiger partial charge in [-0.2, -0.15) is 0 Å². The van der Waals surface area contributed by atoms with Crippen LogP contribution in [0.15, 0.2) is 71.5 Å². The molecule has 2 aromatic carbocycles. The molecule has 0 radical (unpaired) electrons. The molecule has 202 valence electrons. The quantitative estimate of drug-likeness (QED) is 0.308. The van der Waals surface area contributed by atoms with Crippen molar-refractivity contribution in [1.82, 2.24) is 40.3 Å². The topological polar surface area (TPSA) is 124 Å². The molecule has 3 aromatic heterocycles. The lowest BCUT2D eigenvalue weighted by atomic mass is 10.0. The SMILES string of the molecule is Cc1c(C(=O)NC(C)c2cn(C3CCCN(c4ccc(Br)cc4)C3=O)nn2)nnn1-c1cccc2ncccc12. The summed E-state index contributed by atoms with van der Waals surface area (Å²) in [5.74, 6) is -0.406. The number of carbonyl (C=O) groups is 2. The number of piperidine rings is 1. The minimum Gasteiger partial charge on any atom is -0.342 e. The summed E-state index contributed by atoms with van der Waals surface area (Å²) >= 11 is 3.44. The highest BCUT2D eigenvalue weighted by molar-refractivity contribution is 9.10.